The van der Waals surface area contributed by atoms with Crippen LogP contribution in [0.3, 0.4) is 0 Å². The molecule has 0 bridgehead atoms. The third-order valence-electron chi connectivity index (χ3n) is 3.14. The number of ether oxygens (including phenoxy) is 1. The van der Waals surface area contributed by atoms with E-state index in [1.807, 2.05) is 18.4 Å². The number of hydrogen-bond donors (Lipinski definition) is 1. The van der Waals surface area contributed by atoms with Gasteiger partial charge in [0.1, 0.15) is 0 Å². The van der Waals surface area contributed by atoms with Crippen LogP contribution in [-0.4, -0.2) is 42.2 Å². The van der Waals surface area contributed by atoms with Gasteiger partial charge in [-0.15, -0.1) is 11.3 Å². The Balaban J connectivity index is 1.65. The molecule has 1 amide bonds. The van der Waals surface area contributed by atoms with Gasteiger partial charge in [0.2, 0.25) is 5.95 Å². The van der Waals surface area contributed by atoms with E-state index in [0.717, 1.165) is 18.7 Å². The fourth-order valence-corrected chi connectivity index (χ4v) is 2.85. The van der Waals surface area contributed by atoms with Crippen LogP contribution in [0.2, 0.25) is 0 Å². The van der Waals surface area contributed by atoms with Crippen LogP contribution in [0, 0.1) is 6.92 Å². The lowest BCUT2D eigenvalue weighted by Crippen LogP contribution is -2.37. The lowest BCUT2D eigenvalue weighted by atomic mass is 10.3. The minimum Gasteiger partial charge on any atom is -0.378 e. The molecular weight excluding hydrogens is 288 g/mol. The van der Waals surface area contributed by atoms with E-state index in [2.05, 4.69) is 20.2 Å². The molecule has 2 aromatic heterocycles. The minimum absolute atomic E-state index is 0.129. The number of amides is 1. The van der Waals surface area contributed by atoms with Crippen molar-refractivity contribution in [2.24, 2.45) is 0 Å². The quantitative estimate of drug-likeness (QED) is 0.938. The molecule has 110 valence electrons. The van der Waals surface area contributed by atoms with Gasteiger partial charge in [-0.3, -0.25) is 4.79 Å². The molecule has 0 spiro atoms. The summed E-state index contributed by atoms with van der Waals surface area (Å²) in [6.45, 7) is 4.94. The molecule has 1 aliphatic rings. The minimum atomic E-state index is -0.129. The van der Waals surface area contributed by atoms with Gasteiger partial charge in [-0.05, 0) is 23.9 Å². The van der Waals surface area contributed by atoms with Crippen molar-refractivity contribution >= 4 is 28.9 Å². The number of nitrogens with one attached hydrogen (secondary N) is 1. The summed E-state index contributed by atoms with van der Waals surface area (Å²) in [5, 5.41) is 4.76. The monoisotopic (exact) mass is 304 g/mol. The molecule has 0 atom stereocenters. The molecule has 3 heterocycles. The van der Waals surface area contributed by atoms with Crippen LogP contribution in [0.1, 0.15) is 15.2 Å². The molecule has 6 nitrogen and oxygen atoms in total. The summed E-state index contributed by atoms with van der Waals surface area (Å²) in [7, 11) is 0. The van der Waals surface area contributed by atoms with E-state index in [9.17, 15) is 4.79 Å². The first-order valence-corrected chi connectivity index (χ1v) is 7.61. The third-order valence-corrected chi connectivity index (χ3v) is 4.19. The first-order chi connectivity index (χ1) is 10.2. The van der Waals surface area contributed by atoms with Crippen LogP contribution in [0.4, 0.5) is 11.6 Å². The van der Waals surface area contributed by atoms with Crippen molar-refractivity contribution < 1.29 is 9.53 Å². The molecule has 1 N–H and O–H groups in total. The predicted octanol–water partition coefficient (Wildman–Crippen LogP) is 1.94. The normalized spacial score (nSPS) is 15.0. The summed E-state index contributed by atoms with van der Waals surface area (Å²) in [6, 6.07) is 1.86. The van der Waals surface area contributed by atoms with E-state index < -0.39 is 0 Å². The number of morpholine rings is 1. The van der Waals surface area contributed by atoms with Gasteiger partial charge < -0.3 is 15.0 Å². The topological polar surface area (TPSA) is 67.4 Å². The number of thiophene rings is 1. The average molecular weight is 304 g/mol. The van der Waals surface area contributed by atoms with Crippen molar-refractivity contribution in [2.75, 3.05) is 36.5 Å². The van der Waals surface area contributed by atoms with E-state index in [1.165, 1.54) is 11.3 Å². The Morgan fingerprint density at radius 1 is 1.33 bits per heavy atom. The summed E-state index contributed by atoms with van der Waals surface area (Å²) >= 11 is 1.43. The first-order valence-electron chi connectivity index (χ1n) is 6.73. The molecule has 1 saturated heterocycles. The van der Waals surface area contributed by atoms with Crippen LogP contribution in [0.25, 0.3) is 0 Å². The SMILES string of the molecule is Cc1csc(C(=O)Nc2cnc(N3CCOCC3)nc2)c1. The molecule has 21 heavy (non-hydrogen) atoms. The Morgan fingerprint density at radius 2 is 2.05 bits per heavy atom. The Bertz CT molecular complexity index is 620. The van der Waals surface area contributed by atoms with Gasteiger partial charge in [-0.25, -0.2) is 9.97 Å². The number of aromatic nitrogens is 2. The molecule has 1 aliphatic heterocycles. The lowest BCUT2D eigenvalue weighted by Gasteiger charge is -2.26. The third kappa shape index (κ3) is 3.37. The van der Waals surface area contributed by atoms with E-state index in [4.69, 9.17) is 4.74 Å². The Hall–Kier alpha value is -1.99. The summed E-state index contributed by atoms with van der Waals surface area (Å²) in [4.78, 5) is 23.4. The summed E-state index contributed by atoms with van der Waals surface area (Å²) in [5.41, 5.74) is 1.69. The van der Waals surface area contributed by atoms with Crippen LogP contribution in [0.5, 0.6) is 0 Å². The first kappa shape index (κ1) is 14.0. The molecule has 1 fully saturated rings. The van der Waals surface area contributed by atoms with Crippen LogP contribution in [-0.2, 0) is 4.74 Å². The van der Waals surface area contributed by atoms with Crippen LogP contribution >= 0.6 is 11.3 Å². The maximum atomic E-state index is 12.0. The van der Waals surface area contributed by atoms with Gasteiger partial charge in [-0.2, -0.15) is 0 Å². The van der Waals surface area contributed by atoms with Crippen LogP contribution in [0.15, 0.2) is 23.8 Å². The molecule has 3 rings (SSSR count). The smallest absolute Gasteiger partial charge is 0.265 e. The number of carbonyl (C=O) groups excluding carboxylic acids is 1. The second kappa shape index (κ2) is 6.19. The molecule has 0 aromatic carbocycles. The lowest BCUT2D eigenvalue weighted by molar-refractivity contribution is 0.103. The highest BCUT2D eigenvalue weighted by molar-refractivity contribution is 7.12. The average Bonchev–Trinajstić information content (AvgIpc) is 2.96. The number of rotatable bonds is 3. The Labute approximate surface area is 126 Å². The second-order valence-corrected chi connectivity index (χ2v) is 5.72. The van der Waals surface area contributed by atoms with Gasteiger partial charge >= 0.3 is 0 Å². The number of nitrogens with zero attached hydrogens (tertiary/aromatic N) is 3. The maximum Gasteiger partial charge on any atom is 0.265 e. The van der Waals surface area contributed by atoms with E-state index in [0.29, 0.717) is 29.7 Å². The number of hydrogen-bond acceptors (Lipinski definition) is 6. The zero-order valence-corrected chi connectivity index (χ0v) is 12.5. The fraction of sp³-hybridized carbons (Fsp3) is 0.357. The summed E-state index contributed by atoms with van der Waals surface area (Å²) in [5.74, 6) is 0.541. The number of carbonyl (C=O) groups is 1. The molecule has 7 heteroatoms. The van der Waals surface area contributed by atoms with Crippen molar-refractivity contribution in [1.29, 1.82) is 0 Å². The maximum absolute atomic E-state index is 12.0. The molecule has 0 radical (unpaired) electrons. The van der Waals surface area contributed by atoms with Crippen molar-refractivity contribution in [3.63, 3.8) is 0 Å². The molecule has 0 saturated carbocycles. The van der Waals surface area contributed by atoms with Crippen LogP contribution < -0.4 is 10.2 Å². The zero-order valence-electron chi connectivity index (χ0n) is 11.7. The highest BCUT2D eigenvalue weighted by Crippen LogP contribution is 2.16. The molecule has 0 unspecified atom stereocenters. The number of aryl methyl sites for hydroxylation is 1. The Morgan fingerprint density at radius 3 is 2.67 bits per heavy atom. The van der Waals surface area contributed by atoms with Gasteiger partial charge in [0.25, 0.3) is 5.91 Å². The fourth-order valence-electron chi connectivity index (χ4n) is 2.06. The zero-order chi connectivity index (χ0) is 14.7. The predicted molar refractivity (Wildman–Crippen MR) is 82.1 cm³/mol. The van der Waals surface area contributed by atoms with Crippen molar-refractivity contribution in [2.45, 2.75) is 6.92 Å². The summed E-state index contributed by atoms with van der Waals surface area (Å²) < 4.78 is 5.30. The van der Waals surface area contributed by atoms with Gasteiger partial charge in [-0.1, -0.05) is 0 Å². The van der Waals surface area contributed by atoms with E-state index >= 15 is 0 Å². The highest BCUT2D eigenvalue weighted by Gasteiger charge is 2.14. The standard InChI is InChI=1S/C14H16N4O2S/c1-10-6-12(21-9-10)13(19)17-11-7-15-14(16-8-11)18-2-4-20-5-3-18/h6-9H,2-5H2,1H3,(H,17,19). The van der Waals surface area contributed by atoms with Gasteiger partial charge in [0.15, 0.2) is 0 Å². The number of anilines is 2. The van der Waals surface area contributed by atoms with Crippen molar-refractivity contribution in [3.05, 3.63) is 34.3 Å². The van der Waals surface area contributed by atoms with Crippen molar-refractivity contribution in [3.8, 4) is 0 Å². The summed E-state index contributed by atoms with van der Waals surface area (Å²) in [6.07, 6.45) is 3.27. The second-order valence-electron chi connectivity index (χ2n) is 4.81. The van der Waals surface area contributed by atoms with E-state index in [-0.39, 0.29) is 5.91 Å². The van der Waals surface area contributed by atoms with Crippen molar-refractivity contribution in [1.82, 2.24) is 9.97 Å². The highest BCUT2D eigenvalue weighted by atomic mass is 32.1. The van der Waals surface area contributed by atoms with E-state index in [1.54, 1.807) is 12.4 Å². The molecular formula is C14H16N4O2S. The largest absolute Gasteiger partial charge is 0.378 e. The molecule has 0 aliphatic carbocycles. The van der Waals surface area contributed by atoms with Gasteiger partial charge in [0, 0.05) is 13.1 Å². The molecule has 2 aromatic rings. The van der Waals surface area contributed by atoms with Gasteiger partial charge in [0.05, 0.1) is 36.2 Å². The Kier molecular flexibility index (Phi) is 4.12.